The number of aryl methyl sites for hydroxylation is 1. The van der Waals surface area contributed by atoms with E-state index in [1.54, 1.807) is 23.4 Å². The Balaban J connectivity index is 1.40. The standard InChI is InChI=1S/C25H23F3N4O2/c1-15-3-4-20(23-30-6-2-7-31-23)21(9-15)24(33)32-13-17-10-16(17)11-19(32)14-34-22-12-18(5-8-29-22)25(26,27)28/h2-9,12,16-17,19H,10-11,13-14H2,1H3/t16-,17+,19-/m0/s1. The Hall–Kier alpha value is -3.49. The number of halogens is 3. The van der Waals surface area contributed by atoms with Crippen molar-refractivity contribution >= 4 is 5.91 Å². The zero-order chi connectivity index (χ0) is 23.9. The van der Waals surface area contributed by atoms with Gasteiger partial charge in [0.25, 0.3) is 5.91 Å². The van der Waals surface area contributed by atoms with E-state index in [-0.39, 0.29) is 24.4 Å². The van der Waals surface area contributed by atoms with E-state index in [4.69, 9.17) is 4.74 Å². The van der Waals surface area contributed by atoms with E-state index < -0.39 is 11.7 Å². The number of carbonyl (C=O) groups excluding carboxylic acids is 1. The number of ether oxygens (including phenoxy) is 1. The van der Waals surface area contributed by atoms with Crippen LogP contribution in [0.3, 0.4) is 0 Å². The van der Waals surface area contributed by atoms with Crippen molar-refractivity contribution in [2.45, 2.75) is 32.0 Å². The molecule has 2 aromatic heterocycles. The molecule has 1 aromatic carbocycles. The number of pyridine rings is 1. The number of hydrogen-bond acceptors (Lipinski definition) is 5. The molecule has 2 aliphatic rings. The van der Waals surface area contributed by atoms with Gasteiger partial charge in [-0.25, -0.2) is 15.0 Å². The van der Waals surface area contributed by atoms with Crippen molar-refractivity contribution in [3.63, 3.8) is 0 Å². The maximum Gasteiger partial charge on any atom is 0.416 e. The molecular formula is C25H23F3N4O2. The molecule has 6 nitrogen and oxygen atoms in total. The third kappa shape index (κ3) is 4.60. The fourth-order valence-corrected chi connectivity index (χ4v) is 4.58. The first kappa shape index (κ1) is 22.3. The Morgan fingerprint density at radius 1 is 1.06 bits per heavy atom. The van der Waals surface area contributed by atoms with E-state index in [9.17, 15) is 18.0 Å². The summed E-state index contributed by atoms with van der Waals surface area (Å²) in [6.45, 7) is 2.59. The Kier molecular flexibility index (Phi) is 5.71. The molecule has 3 aromatic rings. The van der Waals surface area contributed by atoms with Gasteiger partial charge >= 0.3 is 6.18 Å². The Labute approximate surface area is 194 Å². The number of hydrogen-bond donors (Lipinski definition) is 0. The minimum atomic E-state index is -4.48. The van der Waals surface area contributed by atoms with Crippen molar-refractivity contribution in [2.24, 2.45) is 11.8 Å². The number of carbonyl (C=O) groups is 1. The summed E-state index contributed by atoms with van der Waals surface area (Å²) >= 11 is 0. The SMILES string of the molecule is Cc1ccc(-c2ncccn2)c(C(=O)N2C[C@H]3C[C@H]3C[C@H]2COc2cc(C(F)(F)F)ccn2)c1. The van der Waals surface area contributed by atoms with Crippen molar-refractivity contribution in [1.82, 2.24) is 19.9 Å². The van der Waals surface area contributed by atoms with Gasteiger partial charge in [0.2, 0.25) is 5.88 Å². The predicted molar refractivity (Wildman–Crippen MR) is 118 cm³/mol. The lowest BCUT2D eigenvalue weighted by Crippen LogP contribution is -2.47. The average Bonchev–Trinajstić information content (AvgIpc) is 3.60. The Morgan fingerprint density at radius 2 is 1.85 bits per heavy atom. The molecule has 1 amide bonds. The van der Waals surface area contributed by atoms with Gasteiger partial charge in [0.15, 0.2) is 5.82 Å². The topological polar surface area (TPSA) is 68.2 Å². The van der Waals surface area contributed by atoms with Crippen LogP contribution >= 0.6 is 0 Å². The van der Waals surface area contributed by atoms with Gasteiger partial charge in [0, 0.05) is 36.8 Å². The largest absolute Gasteiger partial charge is 0.475 e. The molecular weight excluding hydrogens is 445 g/mol. The third-order valence-corrected chi connectivity index (χ3v) is 6.47. The van der Waals surface area contributed by atoms with Gasteiger partial charge in [0.1, 0.15) is 6.61 Å². The van der Waals surface area contributed by atoms with E-state index in [0.29, 0.717) is 35.3 Å². The summed E-state index contributed by atoms with van der Waals surface area (Å²) in [7, 11) is 0. The number of alkyl halides is 3. The summed E-state index contributed by atoms with van der Waals surface area (Å²) in [5.41, 5.74) is 1.27. The van der Waals surface area contributed by atoms with Crippen LogP contribution in [0.5, 0.6) is 5.88 Å². The van der Waals surface area contributed by atoms with Crippen molar-refractivity contribution < 1.29 is 22.7 Å². The summed E-state index contributed by atoms with van der Waals surface area (Å²) in [6.07, 6.45) is 1.66. The molecule has 0 spiro atoms. The normalized spacial score (nSPS) is 21.6. The molecule has 5 rings (SSSR count). The summed E-state index contributed by atoms with van der Waals surface area (Å²) in [4.78, 5) is 28.1. The maximum atomic E-state index is 13.8. The molecule has 3 heterocycles. The van der Waals surface area contributed by atoms with Crippen LogP contribution in [0.15, 0.2) is 55.0 Å². The van der Waals surface area contributed by atoms with E-state index in [1.807, 2.05) is 25.1 Å². The summed E-state index contributed by atoms with van der Waals surface area (Å²) in [5.74, 6) is 1.18. The van der Waals surface area contributed by atoms with Crippen LogP contribution in [-0.2, 0) is 6.18 Å². The lowest BCUT2D eigenvalue weighted by molar-refractivity contribution is -0.137. The van der Waals surface area contributed by atoms with Crippen molar-refractivity contribution in [3.8, 4) is 17.3 Å². The molecule has 0 bridgehead atoms. The van der Waals surface area contributed by atoms with Crippen LogP contribution in [0, 0.1) is 18.8 Å². The van der Waals surface area contributed by atoms with Crippen LogP contribution in [0.2, 0.25) is 0 Å². The van der Waals surface area contributed by atoms with Gasteiger partial charge in [-0.3, -0.25) is 4.79 Å². The number of fused-ring (bicyclic) bond motifs is 1. The fraction of sp³-hybridized carbons (Fsp3) is 0.360. The highest BCUT2D eigenvalue weighted by atomic mass is 19.4. The lowest BCUT2D eigenvalue weighted by Gasteiger charge is -2.35. The lowest BCUT2D eigenvalue weighted by atomic mass is 9.98. The van der Waals surface area contributed by atoms with Gasteiger partial charge in [0.05, 0.1) is 17.2 Å². The highest BCUT2D eigenvalue weighted by Crippen LogP contribution is 2.47. The molecule has 3 atom stereocenters. The van der Waals surface area contributed by atoms with Crippen LogP contribution in [-0.4, -0.2) is 45.0 Å². The summed E-state index contributed by atoms with van der Waals surface area (Å²) < 4.78 is 44.8. The van der Waals surface area contributed by atoms with Crippen LogP contribution in [0.25, 0.3) is 11.4 Å². The molecule has 9 heteroatoms. The molecule has 0 N–H and O–H groups in total. The van der Waals surface area contributed by atoms with Crippen LogP contribution < -0.4 is 4.74 Å². The molecule has 1 aliphatic heterocycles. The summed E-state index contributed by atoms with van der Waals surface area (Å²) in [6, 6.07) is 8.84. The third-order valence-electron chi connectivity index (χ3n) is 6.47. The highest BCUT2D eigenvalue weighted by molar-refractivity contribution is 6.00. The first-order chi connectivity index (χ1) is 16.3. The molecule has 1 saturated heterocycles. The number of nitrogens with zero attached hydrogens (tertiary/aromatic N) is 4. The number of rotatable bonds is 5. The first-order valence-corrected chi connectivity index (χ1v) is 11.1. The highest BCUT2D eigenvalue weighted by Gasteiger charge is 2.47. The Bertz CT molecular complexity index is 1200. The molecule has 2 fully saturated rings. The van der Waals surface area contributed by atoms with Crippen molar-refractivity contribution in [3.05, 3.63) is 71.7 Å². The predicted octanol–water partition coefficient (Wildman–Crippen LogP) is 4.80. The van der Waals surface area contributed by atoms with E-state index in [0.717, 1.165) is 36.7 Å². The second-order valence-electron chi connectivity index (χ2n) is 8.92. The number of amides is 1. The maximum absolute atomic E-state index is 13.8. The molecule has 1 aliphatic carbocycles. The van der Waals surface area contributed by atoms with Crippen molar-refractivity contribution in [2.75, 3.05) is 13.2 Å². The number of benzene rings is 1. The zero-order valence-electron chi connectivity index (χ0n) is 18.5. The fourth-order valence-electron chi connectivity index (χ4n) is 4.58. The van der Waals surface area contributed by atoms with Crippen LogP contribution in [0.1, 0.15) is 34.3 Å². The van der Waals surface area contributed by atoms with Crippen LogP contribution in [0.4, 0.5) is 13.2 Å². The van der Waals surface area contributed by atoms with Crippen molar-refractivity contribution in [1.29, 1.82) is 0 Å². The monoisotopic (exact) mass is 468 g/mol. The second-order valence-corrected chi connectivity index (χ2v) is 8.92. The Morgan fingerprint density at radius 3 is 2.62 bits per heavy atom. The van der Waals surface area contributed by atoms with Gasteiger partial charge < -0.3 is 9.64 Å². The average molecular weight is 468 g/mol. The minimum absolute atomic E-state index is 0.0757. The molecule has 34 heavy (non-hydrogen) atoms. The van der Waals surface area contributed by atoms with E-state index in [2.05, 4.69) is 15.0 Å². The molecule has 176 valence electrons. The van der Waals surface area contributed by atoms with E-state index in [1.165, 1.54) is 0 Å². The number of piperidine rings is 1. The second kappa shape index (κ2) is 8.70. The van der Waals surface area contributed by atoms with Gasteiger partial charge in [-0.15, -0.1) is 0 Å². The molecule has 0 unspecified atom stereocenters. The molecule has 0 radical (unpaired) electrons. The minimum Gasteiger partial charge on any atom is -0.475 e. The van der Waals surface area contributed by atoms with Gasteiger partial charge in [-0.05, 0) is 49.8 Å². The number of likely N-dealkylation sites (tertiary alicyclic amines) is 1. The van der Waals surface area contributed by atoms with Gasteiger partial charge in [-0.2, -0.15) is 13.2 Å². The number of aromatic nitrogens is 3. The smallest absolute Gasteiger partial charge is 0.416 e. The zero-order valence-corrected chi connectivity index (χ0v) is 18.5. The van der Waals surface area contributed by atoms with E-state index >= 15 is 0 Å². The molecule has 1 saturated carbocycles. The summed E-state index contributed by atoms with van der Waals surface area (Å²) in [5, 5.41) is 0. The first-order valence-electron chi connectivity index (χ1n) is 11.1. The quantitative estimate of drug-likeness (QED) is 0.538. The van der Waals surface area contributed by atoms with Gasteiger partial charge in [-0.1, -0.05) is 17.7 Å².